The molecule has 4 nitrogen and oxygen atoms in total. The monoisotopic (exact) mass is 246 g/mol. The standard InChI is InChI=1S/C14H22N4/c15-14(16)17-10-13-8-4-5-9-18(13)11-12-6-2-1-3-7-12/h1-3,6-7,13H,4-5,8-11H2,(H4,15,16,17)/t13-/m1/s1. The summed E-state index contributed by atoms with van der Waals surface area (Å²) in [4.78, 5) is 6.66. The molecule has 0 aliphatic carbocycles. The molecule has 0 spiro atoms. The number of aliphatic imine (C=N–C) groups is 1. The Kier molecular flexibility index (Phi) is 4.59. The smallest absolute Gasteiger partial charge is 0.185 e. The fraction of sp³-hybridized carbons (Fsp3) is 0.500. The van der Waals surface area contributed by atoms with Gasteiger partial charge in [0.1, 0.15) is 0 Å². The van der Waals surface area contributed by atoms with Crippen LogP contribution in [0.15, 0.2) is 35.3 Å². The summed E-state index contributed by atoms with van der Waals surface area (Å²) in [6, 6.07) is 11.0. The van der Waals surface area contributed by atoms with E-state index in [4.69, 9.17) is 11.5 Å². The van der Waals surface area contributed by atoms with Crippen molar-refractivity contribution in [2.24, 2.45) is 16.5 Å². The van der Waals surface area contributed by atoms with Crippen molar-refractivity contribution >= 4 is 5.96 Å². The number of piperidine rings is 1. The van der Waals surface area contributed by atoms with Crippen LogP contribution >= 0.6 is 0 Å². The average Bonchev–Trinajstić information content (AvgIpc) is 2.39. The number of nitrogens with two attached hydrogens (primary N) is 2. The van der Waals surface area contributed by atoms with Crippen LogP contribution in [0.25, 0.3) is 0 Å². The number of benzene rings is 1. The van der Waals surface area contributed by atoms with E-state index in [2.05, 4.69) is 40.2 Å². The first-order chi connectivity index (χ1) is 8.75. The normalized spacial score (nSPS) is 20.6. The highest BCUT2D eigenvalue weighted by molar-refractivity contribution is 5.75. The molecular formula is C14H22N4. The zero-order valence-electron chi connectivity index (χ0n) is 10.8. The Morgan fingerprint density at radius 1 is 1.22 bits per heavy atom. The maximum absolute atomic E-state index is 5.42. The summed E-state index contributed by atoms with van der Waals surface area (Å²) < 4.78 is 0. The number of hydrogen-bond acceptors (Lipinski definition) is 2. The quantitative estimate of drug-likeness (QED) is 0.622. The topological polar surface area (TPSA) is 67.6 Å². The van der Waals surface area contributed by atoms with Gasteiger partial charge in [-0.3, -0.25) is 9.89 Å². The third kappa shape index (κ3) is 3.74. The van der Waals surface area contributed by atoms with Crippen molar-refractivity contribution < 1.29 is 0 Å². The lowest BCUT2D eigenvalue weighted by atomic mass is 10.0. The molecule has 0 bridgehead atoms. The number of nitrogens with zero attached hydrogens (tertiary/aromatic N) is 2. The Labute approximate surface area is 109 Å². The van der Waals surface area contributed by atoms with E-state index in [-0.39, 0.29) is 5.96 Å². The highest BCUT2D eigenvalue weighted by Crippen LogP contribution is 2.19. The van der Waals surface area contributed by atoms with Gasteiger partial charge in [-0.15, -0.1) is 0 Å². The summed E-state index contributed by atoms with van der Waals surface area (Å²) in [5, 5.41) is 0. The lowest BCUT2D eigenvalue weighted by Crippen LogP contribution is -2.41. The largest absolute Gasteiger partial charge is 0.370 e. The van der Waals surface area contributed by atoms with Crippen molar-refractivity contribution in [3.63, 3.8) is 0 Å². The molecule has 18 heavy (non-hydrogen) atoms. The van der Waals surface area contributed by atoms with E-state index in [0.717, 1.165) is 19.6 Å². The molecule has 1 aromatic carbocycles. The predicted octanol–water partition coefficient (Wildman–Crippen LogP) is 1.31. The van der Waals surface area contributed by atoms with Crippen LogP contribution in [0.2, 0.25) is 0 Å². The third-order valence-corrected chi connectivity index (χ3v) is 3.46. The molecule has 0 aromatic heterocycles. The van der Waals surface area contributed by atoms with Crippen molar-refractivity contribution in [1.29, 1.82) is 0 Å². The Bertz CT molecular complexity index is 384. The molecule has 1 aliphatic rings. The van der Waals surface area contributed by atoms with Crippen molar-refractivity contribution in [1.82, 2.24) is 4.90 Å². The Hall–Kier alpha value is -1.55. The van der Waals surface area contributed by atoms with Gasteiger partial charge in [-0.2, -0.15) is 0 Å². The molecule has 0 unspecified atom stereocenters. The Balaban J connectivity index is 1.97. The first kappa shape index (κ1) is 12.9. The molecule has 1 saturated heterocycles. The Morgan fingerprint density at radius 3 is 2.72 bits per heavy atom. The second-order valence-corrected chi connectivity index (χ2v) is 4.87. The molecule has 1 aromatic rings. The van der Waals surface area contributed by atoms with Gasteiger partial charge in [0.15, 0.2) is 5.96 Å². The zero-order valence-corrected chi connectivity index (χ0v) is 10.8. The fourth-order valence-electron chi connectivity index (χ4n) is 2.50. The molecule has 0 saturated carbocycles. The van der Waals surface area contributed by atoms with E-state index >= 15 is 0 Å². The van der Waals surface area contributed by atoms with Crippen LogP contribution in [0, 0.1) is 0 Å². The lowest BCUT2D eigenvalue weighted by Gasteiger charge is -2.34. The molecule has 1 aliphatic heterocycles. The average molecular weight is 246 g/mol. The number of hydrogen-bond donors (Lipinski definition) is 2. The van der Waals surface area contributed by atoms with Crippen LogP contribution in [-0.4, -0.2) is 30.0 Å². The van der Waals surface area contributed by atoms with Crippen LogP contribution in [0.5, 0.6) is 0 Å². The van der Waals surface area contributed by atoms with E-state index < -0.39 is 0 Å². The minimum Gasteiger partial charge on any atom is -0.370 e. The molecule has 1 fully saturated rings. The van der Waals surface area contributed by atoms with Gasteiger partial charge in [0.25, 0.3) is 0 Å². The zero-order chi connectivity index (χ0) is 12.8. The highest BCUT2D eigenvalue weighted by atomic mass is 15.2. The molecular weight excluding hydrogens is 224 g/mol. The predicted molar refractivity (Wildman–Crippen MR) is 75.2 cm³/mol. The van der Waals surface area contributed by atoms with Crippen LogP contribution < -0.4 is 11.5 Å². The molecule has 1 heterocycles. The van der Waals surface area contributed by atoms with Gasteiger partial charge in [-0.25, -0.2) is 0 Å². The first-order valence-corrected chi connectivity index (χ1v) is 6.59. The summed E-state index contributed by atoms with van der Waals surface area (Å²) in [7, 11) is 0. The molecule has 0 radical (unpaired) electrons. The lowest BCUT2D eigenvalue weighted by molar-refractivity contribution is 0.145. The molecule has 4 heteroatoms. The van der Waals surface area contributed by atoms with Gasteiger partial charge in [-0.1, -0.05) is 36.8 Å². The van der Waals surface area contributed by atoms with Crippen LogP contribution in [-0.2, 0) is 6.54 Å². The van der Waals surface area contributed by atoms with Gasteiger partial charge in [0, 0.05) is 12.6 Å². The second kappa shape index (κ2) is 6.40. The SMILES string of the molecule is NC(N)=NC[C@H]1CCCCN1Cc1ccccc1. The molecule has 1 atom stereocenters. The van der Waals surface area contributed by atoms with Gasteiger partial charge < -0.3 is 11.5 Å². The second-order valence-electron chi connectivity index (χ2n) is 4.87. The van der Waals surface area contributed by atoms with Crippen LogP contribution in [0.1, 0.15) is 24.8 Å². The van der Waals surface area contributed by atoms with E-state index in [9.17, 15) is 0 Å². The number of likely N-dealkylation sites (tertiary alicyclic amines) is 1. The number of guanidine groups is 1. The number of rotatable bonds is 4. The summed E-state index contributed by atoms with van der Waals surface area (Å²) in [5.41, 5.74) is 12.2. The van der Waals surface area contributed by atoms with E-state index in [1.165, 1.54) is 24.8 Å². The first-order valence-electron chi connectivity index (χ1n) is 6.59. The minimum atomic E-state index is 0.195. The van der Waals surface area contributed by atoms with Gasteiger partial charge >= 0.3 is 0 Å². The summed E-state index contributed by atoms with van der Waals surface area (Å²) >= 11 is 0. The third-order valence-electron chi connectivity index (χ3n) is 3.46. The molecule has 0 amide bonds. The van der Waals surface area contributed by atoms with Gasteiger partial charge in [-0.05, 0) is 24.9 Å². The Morgan fingerprint density at radius 2 is 2.00 bits per heavy atom. The van der Waals surface area contributed by atoms with Crippen molar-refractivity contribution in [3.05, 3.63) is 35.9 Å². The van der Waals surface area contributed by atoms with Gasteiger partial charge in [0.2, 0.25) is 0 Å². The summed E-state index contributed by atoms with van der Waals surface area (Å²) in [6.45, 7) is 2.85. The maximum Gasteiger partial charge on any atom is 0.185 e. The maximum atomic E-state index is 5.42. The van der Waals surface area contributed by atoms with Crippen molar-refractivity contribution in [3.8, 4) is 0 Å². The van der Waals surface area contributed by atoms with Crippen molar-refractivity contribution in [2.45, 2.75) is 31.8 Å². The molecule has 2 rings (SSSR count). The van der Waals surface area contributed by atoms with Crippen molar-refractivity contribution in [2.75, 3.05) is 13.1 Å². The fourth-order valence-corrected chi connectivity index (χ4v) is 2.50. The van der Waals surface area contributed by atoms with E-state index in [0.29, 0.717) is 6.04 Å². The van der Waals surface area contributed by atoms with Gasteiger partial charge in [0.05, 0.1) is 6.54 Å². The van der Waals surface area contributed by atoms with E-state index in [1.807, 2.05) is 0 Å². The molecule has 4 N–H and O–H groups in total. The summed E-state index contributed by atoms with van der Waals surface area (Å²) in [6.07, 6.45) is 3.73. The molecule has 98 valence electrons. The summed E-state index contributed by atoms with van der Waals surface area (Å²) in [5.74, 6) is 0.195. The highest BCUT2D eigenvalue weighted by Gasteiger charge is 2.21. The van der Waals surface area contributed by atoms with Crippen LogP contribution in [0.4, 0.5) is 0 Å². The minimum absolute atomic E-state index is 0.195. The van der Waals surface area contributed by atoms with E-state index in [1.54, 1.807) is 0 Å². The van der Waals surface area contributed by atoms with Crippen LogP contribution in [0.3, 0.4) is 0 Å².